The Morgan fingerprint density at radius 2 is 1.52 bits per heavy atom. The number of rotatable bonds is 8. The van der Waals surface area contributed by atoms with Crippen LogP contribution in [0.2, 0.25) is 0 Å². The van der Waals surface area contributed by atoms with Crippen molar-refractivity contribution in [2.75, 3.05) is 16.8 Å². The fraction of sp³-hybridized carbons (Fsp3) is 0.219. The maximum atomic E-state index is 13.2. The summed E-state index contributed by atoms with van der Waals surface area (Å²) < 4.78 is 47.1. The van der Waals surface area contributed by atoms with Crippen LogP contribution in [-0.4, -0.2) is 35.5 Å². The zero-order valence-electron chi connectivity index (χ0n) is 23.3. The van der Waals surface area contributed by atoms with E-state index < -0.39 is 24.0 Å². The van der Waals surface area contributed by atoms with Gasteiger partial charge in [0.15, 0.2) is 0 Å². The highest BCUT2D eigenvalue weighted by atomic mass is 19.4. The molecule has 4 rings (SSSR count). The number of carbonyl (C=O) groups excluding carboxylic acids is 2. The van der Waals surface area contributed by atoms with Gasteiger partial charge in [-0.1, -0.05) is 36.4 Å². The maximum absolute atomic E-state index is 13.2. The largest absolute Gasteiger partial charge is 0.573 e. The lowest BCUT2D eigenvalue weighted by Gasteiger charge is -2.27. The SMILES string of the molecule is CC(C)(C)OC(=O)N(CCc1ccccn1)c1ccc(NC(=O)c2ccccc2-c2ccc(OC(F)(F)F)cc2)cc1. The van der Waals surface area contributed by atoms with Crippen LogP contribution in [0.25, 0.3) is 11.1 Å². The van der Waals surface area contributed by atoms with Crippen LogP contribution in [0.15, 0.2) is 97.2 Å². The molecule has 0 aliphatic carbocycles. The molecule has 0 aliphatic rings. The maximum Gasteiger partial charge on any atom is 0.573 e. The smallest absolute Gasteiger partial charge is 0.443 e. The van der Waals surface area contributed by atoms with Crippen LogP contribution in [0.3, 0.4) is 0 Å². The van der Waals surface area contributed by atoms with Gasteiger partial charge in [-0.2, -0.15) is 0 Å². The van der Waals surface area contributed by atoms with Crippen molar-refractivity contribution in [2.45, 2.75) is 39.2 Å². The Kier molecular flexibility index (Phi) is 9.15. The first-order valence-corrected chi connectivity index (χ1v) is 13.1. The number of halogens is 3. The van der Waals surface area contributed by atoms with Gasteiger partial charge < -0.3 is 14.8 Å². The molecule has 1 aromatic heterocycles. The van der Waals surface area contributed by atoms with Crippen molar-refractivity contribution in [1.29, 1.82) is 0 Å². The fourth-order valence-electron chi connectivity index (χ4n) is 4.11. The van der Waals surface area contributed by atoms with Crippen LogP contribution >= 0.6 is 0 Å². The normalized spacial score (nSPS) is 11.5. The summed E-state index contributed by atoms with van der Waals surface area (Å²) in [4.78, 5) is 32.1. The van der Waals surface area contributed by atoms with E-state index in [0.29, 0.717) is 41.0 Å². The molecule has 0 spiro atoms. The lowest BCUT2D eigenvalue weighted by Crippen LogP contribution is -2.38. The highest BCUT2D eigenvalue weighted by Crippen LogP contribution is 2.29. The second-order valence-electron chi connectivity index (χ2n) is 10.3. The Bertz CT molecular complexity index is 1500. The van der Waals surface area contributed by atoms with E-state index >= 15 is 0 Å². The number of nitrogens with zero attached hydrogens (tertiary/aromatic N) is 2. The van der Waals surface area contributed by atoms with Gasteiger partial charge in [-0.15, -0.1) is 13.2 Å². The molecule has 1 heterocycles. The Morgan fingerprint density at radius 1 is 0.857 bits per heavy atom. The molecule has 3 aromatic carbocycles. The summed E-state index contributed by atoms with van der Waals surface area (Å²) >= 11 is 0. The van der Waals surface area contributed by atoms with Crippen molar-refractivity contribution in [2.24, 2.45) is 0 Å². The summed E-state index contributed by atoms with van der Waals surface area (Å²) in [6, 6.07) is 24.4. The summed E-state index contributed by atoms with van der Waals surface area (Å²) in [5, 5.41) is 2.85. The first-order valence-electron chi connectivity index (χ1n) is 13.1. The third kappa shape index (κ3) is 8.57. The molecule has 0 bridgehead atoms. The molecule has 1 N–H and O–H groups in total. The molecule has 7 nitrogen and oxygen atoms in total. The van der Waals surface area contributed by atoms with Gasteiger partial charge in [0.25, 0.3) is 5.91 Å². The van der Waals surface area contributed by atoms with E-state index in [9.17, 15) is 22.8 Å². The third-order valence-electron chi connectivity index (χ3n) is 5.94. The summed E-state index contributed by atoms with van der Waals surface area (Å²) in [5.41, 5.74) is 2.63. The summed E-state index contributed by atoms with van der Waals surface area (Å²) in [7, 11) is 0. The van der Waals surface area contributed by atoms with Gasteiger partial charge in [0.05, 0.1) is 0 Å². The van der Waals surface area contributed by atoms with Crippen molar-refractivity contribution in [3.05, 3.63) is 108 Å². The fourth-order valence-corrected chi connectivity index (χ4v) is 4.11. The number of nitrogens with one attached hydrogen (secondary N) is 1. The van der Waals surface area contributed by atoms with Crippen molar-refractivity contribution in [3.8, 4) is 16.9 Å². The van der Waals surface area contributed by atoms with Gasteiger partial charge in [0, 0.05) is 41.8 Å². The average molecular weight is 578 g/mol. The molecule has 4 aromatic rings. The zero-order valence-corrected chi connectivity index (χ0v) is 23.3. The van der Waals surface area contributed by atoms with Crippen LogP contribution < -0.4 is 15.0 Å². The van der Waals surface area contributed by atoms with Crippen molar-refractivity contribution >= 4 is 23.4 Å². The van der Waals surface area contributed by atoms with Crippen molar-refractivity contribution < 1.29 is 32.2 Å². The minimum Gasteiger partial charge on any atom is -0.443 e. The Balaban J connectivity index is 1.50. The standard InChI is InChI=1S/C32H30F3N3O4/c1-31(2,3)42-30(40)38(21-19-23-8-6-7-20-36-23)25-15-13-24(14-16-25)37-29(39)28-10-5-4-9-27(28)22-11-17-26(18-12-22)41-32(33,34)35/h4-18,20H,19,21H2,1-3H3,(H,37,39). The predicted octanol–water partition coefficient (Wildman–Crippen LogP) is 7.88. The highest BCUT2D eigenvalue weighted by molar-refractivity contribution is 6.08. The number of hydrogen-bond acceptors (Lipinski definition) is 5. The van der Waals surface area contributed by atoms with Gasteiger partial charge in [-0.25, -0.2) is 4.79 Å². The van der Waals surface area contributed by atoms with Gasteiger partial charge >= 0.3 is 12.5 Å². The number of alkyl halides is 3. The monoisotopic (exact) mass is 577 g/mol. The molecule has 0 saturated heterocycles. The molecule has 0 radical (unpaired) electrons. The second-order valence-corrected chi connectivity index (χ2v) is 10.3. The van der Waals surface area contributed by atoms with Crippen LogP contribution in [0.4, 0.5) is 29.3 Å². The summed E-state index contributed by atoms with van der Waals surface area (Å²) in [6.45, 7) is 5.72. The Hall–Kier alpha value is -4.86. The molecule has 218 valence electrons. The minimum atomic E-state index is -4.79. The van der Waals surface area contributed by atoms with Gasteiger partial charge in [-0.05, 0) is 86.5 Å². The van der Waals surface area contributed by atoms with Gasteiger partial charge in [-0.3, -0.25) is 14.7 Å². The van der Waals surface area contributed by atoms with E-state index in [1.54, 1.807) is 75.5 Å². The lowest BCUT2D eigenvalue weighted by atomic mass is 9.99. The first kappa shape index (κ1) is 30.1. The van der Waals surface area contributed by atoms with Gasteiger partial charge in [0.1, 0.15) is 11.4 Å². The molecule has 0 fully saturated rings. The molecule has 0 saturated carbocycles. The number of ether oxygens (including phenoxy) is 2. The van der Waals surface area contributed by atoms with E-state index in [2.05, 4.69) is 15.0 Å². The van der Waals surface area contributed by atoms with Crippen molar-refractivity contribution in [3.63, 3.8) is 0 Å². The highest BCUT2D eigenvalue weighted by Gasteiger charge is 2.31. The predicted molar refractivity (Wildman–Crippen MR) is 154 cm³/mol. The second kappa shape index (κ2) is 12.8. The van der Waals surface area contributed by atoms with Crippen LogP contribution in [0, 0.1) is 0 Å². The third-order valence-corrected chi connectivity index (χ3v) is 5.94. The number of benzene rings is 3. The summed E-state index contributed by atoms with van der Waals surface area (Å²) in [5.74, 6) is -0.762. The molecular formula is C32H30F3N3O4. The van der Waals surface area contributed by atoms with Gasteiger partial charge in [0.2, 0.25) is 0 Å². The number of carbonyl (C=O) groups is 2. The van der Waals surface area contributed by atoms with E-state index in [-0.39, 0.29) is 5.75 Å². The molecule has 2 amide bonds. The van der Waals surface area contributed by atoms with Crippen molar-refractivity contribution in [1.82, 2.24) is 4.98 Å². The molecular weight excluding hydrogens is 547 g/mol. The van der Waals surface area contributed by atoms with E-state index in [1.807, 2.05) is 18.2 Å². The van der Waals surface area contributed by atoms with E-state index in [0.717, 1.165) is 5.69 Å². The van der Waals surface area contributed by atoms with Crippen LogP contribution in [0.5, 0.6) is 5.75 Å². The topological polar surface area (TPSA) is 80.8 Å². The summed E-state index contributed by atoms with van der Waals surface area (Å²) in [6.07, 6.45) is -3.09. The zero-order chi connectivity index (χ0) is 30.3. The molecule has 0 aliphatic heterocycles. The number of amides is 2. The number of pyridine rings is 1. The number of anilines is 2. The average Bonchev–Trinajstić information content (AvgIpc) is 2.93. The van der Waals surface area contributed by atoms with Crippen LogP contribution in [0.1, 0.15) is 36.8 Å². The van der Waals surface area contributed by atoms with Crippen LogP contribution in [-0.2, 0) is 11.2 Å². The lowest BCUT2D eigenvalue weighted by molar-refractivity contribution is -0.274. The quantitative estimate of drug-likeness (QED) is 0.230. The van der Waals surface area contributed by atoms with E-state index in [4.69, 9.17) is 4.74 Å². The number of aromatic nitrogens is 1. The Labute approximate surface area is 241 Å². The Morgan fingerprint density at radius 3 is 2.14 bits per heavy atom. The van der Waals surface area contributed by atoms with E-state index in [1.165, 1.54) is 29.2 Å². The first-order chi connectivity index (χ1) is 19.9. The molecule has 10 heteroatoms. The molecule has 0 unspecified atom stereocenters. The molecule has 0 atom stereocenters. The minimum absolute atomic E-state index is 0.330. The molecule has 42 heavy (non-hydrogen) atoms. The number of hydrogen-bond donors (Lipinski definition) is 1.